The molecule has 1 aromatic heterocycles. The van der Waals surface area contributed by atoms with Gasteiger partial charge in [0.25, 0.3) is 0 Å². The third kappa shape index (κ3) is 3.86. The van der Waals surface area contributed by atoms with E-state index in [4.69, 9.17) is 9.52 Å². The zero-order valence-corrected chi connectivity index (χ0v) is 12.7. The molecule has 1 atom stereocenters. The molecule has 1 aliphatic rings. The molecule has 0 spiro atoms. The van der Waals surface area contributed by atoms with E-state index in [1.54, 1.807) is 11.8 Å². The summed E-state index contributed by atoms with van der Waals surface area (Å²) in [7, 11) is 0. The lowest BCUT2D eigenvalue weighted by Gasteiger charge is -2.19. The number of aryl methyl sites for hydroxylation is 1. The van der Waals surface area contributed by atoms with Crippen molar-refractivity contribution in [2.45, 2.75) is 52.5 Å². The van der Waals surface area contributed by atoms with E-state index < -0.39 is 5.97 Å². The van der Waals surface area contributed by atoms with Crippen LogP contribution in [0, 0.1) is 12.8 Å². The van der Waals surface area contributed by atoms with Crippen LogP contribution in [0.15, 0.2) is 10.5 Å². The highest BCUT2D eigenvalue weighted by atomic mass is 16.4. The maximum Gasteiger partial charge on any atom is 0.339 e. The van der Waals surface area contributed by atoms with Crippen LogP contribution in [-0.2, 0) is 11.3 Å². The van der Waals surface area contributed by atoms with Gasteiger partial charge in [0.1, 0.15) is 17.1 Å². The molecule has 0 aliphatic carbocycles. The fourth-order valence-electron chi connectivity index (χ4n) is 2.98. The van der Waals surface area contributed by atoms with Gasteiger partial charge < -0.3 is 14.4 Å². The van der Waals surface area contributed by atoms with Crippen LogP contribution in [0.25, 0.3) is 0 Å². The van der Waals surface area contributed by atoms with E-state index in [9.17, 15) is 9.59 Å². The summed E-state index contributed by atoms with van der Waals surface area (Å²) in [6.07, 6.45) is 4.88. The lowest BCUT2D eigenvalue weighted by atomic mass is 9.96. The maximum atomic E-state index is 12.2. The van der Waals surface area contributed by atoms with Crippen LogP contribution >= 0.6 is 0 Å². The molecule has 1 unspecified atom stereocenters. The Hall–Kier alpha value is -1.78. The van der Waals surface area contributed by atoms with Crippen molar-refractivity contribution in [3.8, 4) is 0 Å². The molecule has 0 bridgehead atoms. The topological polar surface area (TPSA) is 70.8 Å². The largest absolute Gasteiger partial charge is 0.478 e. The van der Waals surface area contributed by atoms with Crippen LogP contribution in [0.3, 0.4) is 0 Å². The summed E-state index contributed by atoms with van der Waals surface area (Å²) < 4.78 is 5.47. The molecule has 2 heterocycles. The Morgan fingerprint density at radius 1 is 1.48 bits per heavy atom. The fourth-order valence-corrected chi connectivity index (χ4v) is 2.98. The van der Waals surface area contributed by atoms with E-state index in [-0.39, 0.29) is 11.5 Å². The van der Waals surface area contributed by atoms with Gasteiger partial charge in [-0.1, -0.05) is 19.8 Å². The zero-order valence-electron chi connectivity index (χ0n) is 12.7. The Morgan fingerprint density at radius 3 is 2.86 bits per heavy atom. The van der Waals surface area contributed by atoms with E-state index in [2.05, 4.69) is 6.92 Å². The lowest BCUT2D eigenvalue weighted by Crippen LogP contribution is -2.29. The predicted molar refractivity (Wildman–Crippen MR) is 78.1 cm³/mol. The van der Waals surface area contributed by atoms with Gasteiger partial charge in [0.15, 0.2) is 0 Å². The molecule has 1 saturated heterocycles. The molecule has 1 aliphatic heterocycles. The van der Waals surface area contributed by atoms with E-state index in [1.165, 1.54) is 12.5 Å². The number of carbonyl (C=O) groups is 2. The summed E-state index contributed by atoms with van der Waals surface area (Å²) in [5.74, 6) is 0.708. The number of carbonyl (C=O) groups excluding carboxylic acids is 1. The molecular weight excluding hydrogens is 270 g/mol. The molecule has 5 nitrogen and oxygen atoms in total. The molecule has 0 saturated carbocycles. The van der Waals surface area contributed by atoms with E-state index in [0.29, 0.717) is 30.4 Å². The highest BCUT2D eigenvalue weighted by Crippen LogP contribution is 2.24. The first-order valence-electron chi connectivity index (χ1n) is 7.61. The van der Waals surface area contributed by atoms with Crippen molar-refractivity contribution < 1.29 is 19.1 Å². The summed E-state index contributed by atoms with van der Waals surface area (Å²) >= 11 is 0. The van der Waals surface area contributed by atoms with Crippen molar-refractivity contribution in [3.05, 3.63) is 23.2 Å². The van der Waals surface area contributed by atoms with Crippen LogP contribution in [0.2, 0.25) is 0 Å². The van der Waals surface area contributed by atoms with Gasteiger partial charge in [-0.15, -0.1) is 0 Å². The van der Waals surface area contributed by atoms with Crippen molar-refractivity contribution in [1.82, 2.24) is 4.90 Å². The first-order chi connectivity index (χ1) is 10.0. The highest BCUT2D eigenvalue weighted by Gasteiger charge is 2.24. The van der Waals surface area contributed by atoms with Gasteiger partial charge in [-0.25, -0.2) is 4.79 Å². The Kier molecular flexibility index (Phi) is 5.04. The summed E-state index contributed by atoms with van der Waals surface area (Å²) in [5, 5.41) is 9.04. The number of likely N-dealkylation sites (tertiary alicyclic amines) is 1. The van der Waals surface area contributed by atoms with E-state index in [0.717, 1.165) is 25.8 Å². The third-order valence-electron chi connectivity index (χ3n) is 4.17. The van der Waals surface area contributed by atoms with Crippen molar-refractivity contribution >= 4 is 11.9 Å². The standard InChI is InChI=1S/C16H23NO4/c1-3-4-12-5-6-15(18)17(8-7-12)10-13-9-14(16(19)20)11(2)21-13/h9,12H,3-8,10H2,1-2H3,(H,19,20). The van der Waals surface area contributed by atoms with Crippen LogP contribution in [-0.4, -0.2) is 28.4 Å². The molecule has 0 aromatic carbocycles. The number of furan rings is 1. The smallest absolute Gasteiger partial charge is 0.339 e. The zero-order chi connectivity index (χ0) is 15.4. The monoisotopic (exact) mass is 293 g/mol. The van der Waals surface area contributed by atoms with E-state index >= 15 is 0 Å². The average molecular weight is 293 g/mol. The minimum atomic E-state index is -0.993. The molecule has 1 N–H and O–H groups in total. The molecular formula is C16H23NO4. The quantitative estimate of drug-likeness (QED) is 0.905. The van der Waals surface area contributed by atoms with Crippen LogP contribution in [0.4, 0.5) is 0 Å². The molecule has 0 radical (unpaired) electrons. The highest BCUT2D eigenvalue weighted by molar-refractivity contribution is 5.88. The molecule has 1 amide bonds. The van der Waals surface area contributed by atoms with Gasteiger partial charge in [0.05, 0.1) is 6.54 Å². The second kappa shape index (κ2) is 6.78. The maximum absolute atomic E-state index is 12.2. The Labute approximate surface area is 124 Å². The minimum Gasteiger partial charge on any atom is -0.478 e. The average Bonchev–Trinajstić information content (AvgIpc) is 2.71. The predicted octanol–water partition coefficient (Wildman–Crippen LogP) is 3.22. The number of rotatable bonds is 5. The van der Waals surface area contributed by atoms with Gasteiger partial charge in [0, 0.05) is 13.0 Å². The lowest BCUT2D eigenvalue weighted by molar-refractivity contribution is -0.131. The number of hydrogen-bond donors (Lipinski definition) is 1. The van der Waals surface area contributed by atoms with Gasteiger partial charge in [-0.3, -0.25) is 4.79 Å². The number of carboxylic acid groups (broad SMARTS) is 1. The summed E-state index contributed by atoms with van der Waals surface area (Å²) in [6.45, 7) is 4.90. The van der Waals surface area contributed by atoms with Gasteiger partial charge >= 0.3 is 5.97 Å². The third-order valence-corrected chi connectivity index (χ3v) is 4.17. The molecule has 5 heteroatoms. The number of amides is 1. The molecule has 21 heavy (non-hydrogen) atoms. The Morgan fingerprint density at radius 2 is 2.24 bits per heavy atom. The van der Waals surface area contributed by atoms with Gasteiger partial charge in [0.2, 0.25) is 5.91 Å². The molecule has 1 aromatic rings. The molecule has 1 fully saturated rings. The molecule has 2 rings (SSSR count). The van der Waals surface area contributed by atoms with Crippen molar-refractivity contribution in [3.63, 3.8) is 0 Å². The SMILES string of the molecule is CCCC1CCC(=O)N(Cc2cc(C(=O)O)c(C)o2)CC1. The summed E-state index contributed by atoms with van der Waals surface area (Å²) in [6, 6.07) is 1.53. The number of aromatic carboxylic acids is 1. The Balaban J connectivity index is 2.03. The fraction of sp³-hybridized carbons (Fsp3) is 0.625. The van der Waals surface area contributed by atoms with Gasteiger partial charge in [-0.2, -0.15) is 0 Å². The first kappa shape index (κ1) is 15.6. The number of hydrogen-bond acceptors (Lipinski definition) is 3. The Bertz CT molecular complexity index is 520. The van der Waals surface area contributed by atoms with Crippen molar-refractivity contribution in [2.24, 2.45) is 5.92 Å². The van der Waals surface area contributed by atoms with Crippen LogP contribution < -0.4 is 0 Å². The van der Waals surface area contributed by atoms with Crippen molar-refractivity contribution in [1.29, 1.82) is 0 Å². The van der Waals surface area contributed by atoms with Crippen LogP contribution in [0.1, 0.15) is 60.9 Å². The first-order valence-corrected chi connectivity index (χ1v) is 7.61. The summed E-state index contributed by atoms with van der Waals surface area (Å²) in [5.41, 5.74) is 0.177. The molecule has 116 valence electrons. The summed E-state index contributed by atoms with van der Waals surface area (Å²) in [4.78, 5) is 25.0. The van der Waals surface area contributed by atoms with Crippen LogP contribution in [0.5, 0.6) is 0 Å². The number of carboxylic acids is 1. The normalized spacial score (nSPS) is 19.6. The number of nitrogens with zero attached hydrogens (tertiary/aromatic N) is 1. The second-order valence-electron chi connectivity index (χ2n) is 5.79. The minimum absolute atomic E-state index is 0.138. The second-order valence-corrected chi connectivity index (χ2v) is 5.79. The van der Waals surface area contributed by atoms with E-state index in [1.807, 2.05) is 0 Å². The van der Waals surface area contributed by atoms with Gasteiger partial charge in [-0.05, 0) is 31.7 Å². The van der Waals surface area contributed by atoms with Crippen molar-refractivity contribution in [2.75, 3.05) is 6.54 Å².